The summed E-state index contributed by atoms with van der Waals surface area (Å²) in [5, 5.41) is 7.84. The maximum Gasteiger partial charge on any atom is 0.263 e. The second-order valence-electron chi connectivity index (χ2n) is 5.78. The number of hydrogen-bond donors (Lipinski definition) is 2. The number of ether oxygens (including phenoxy) is 1. The van der Waals surface area contributed by atoms with Crippen molar-refractivity contribution in [1.29, 1.82) is 0 Å². The summed E-state index contributed by atoms with van der Waals surface area (Å²) >= 11 is 7.24. The van der Waals surface area contributed by atoms with Crippen LogP contribution in [0.4, 0.5) is 0 Å². The average molecular weight is 366 g/mol. The van der Waals surface area contributed by atoms with Crippen LogP contribution in [0.25, 0.3) is 0 Å². The molecule has 0 bridgehead atoms. The first kappa shape index (κ1) is 17.2. The van der Waals surface area contributed by atoms with Gasteiger partial charge in [-0.25, -0.2) is 4.98 Å². The number of aromatic nitrogens is 1. The van der Waals surface area contributed by atoms with Gasteiger partial charge in [0.25, 0.3) is 5.91 Å². The fourth-order valence-electron chi connectivity index (χ4n) is 2.63. The van der Waals surface area contributed by atoms with Crippen LogP contribution in [0.3, 0.4) is 0 Å². The molecule has 5 nitrogen and oxygen atoms in total. The number of rotatable bonds is 5. The Bertz CT molecular complexity index is 696. The lowest BCUT2D eigenvalue weighted by Crippen LogP contribution is -2.45. The van der Waals surface area contributed by atoms with Crippen LogP contribution in [0.2, 0.25) is 5.02 Å². The van der Waals surface area contributed by atoms with E-state index in [1.54, 1.807) is 12.1 Å². The molecule has 0 aliphatic carbocycles. The molecule has 1 aromatic carbocycles. The Morgan fingerprint density at radius 2 is 2.25 bits per heavy atom. The van der Waals surface area contributed by atoms with Gasteiger partial charge in [-0.2, -0.15) is 0 Å². The molecule has 0 radical (unpaired) electrons. The fraction of sp³-hybridized carbons (Fsp3) is 0.412. The maximum atomic E-state index is 12.4. The first-order chi connectivity index (χ1) is 11.6. The zero-order valence-corrected chi connectivity index (χ0v) is 15.0. The smallest absolute Gasteiger partial charge is 0.263 e. The number of nitrogens with one attached hydrogen (secondary N) is 2. The Hall–Kier alpha value is -1.63. The third-order valence-electron chi connectivity index (χ3n) is 3.86. The molecule has 1 unspecified atom stereocenters. The predicted molar refractivity (Wildman–Crippen MR) is 96.0 cm³/mol. The van der Waals surface area contributed by atoms with E-state index < -0.39 is 0 Å². The number of carbonyl (C=O) groups excluding carboxylic acids is 1. The molecule has 24 heavy (non-hydrogen) atoms. The number of carbonyl (C=O) groups is 1. The van der Waals surface area contributed by atoms with Crippen LogP contribution >= 0.6 is 22.9 Å². The van der Waals surface area contributed by atoms with Crippen LogP contribution in [0, 0.1) is 6.92 Å². The number of piperidine rings is 1. The summed E-state index contributed by atoms with van der Waals surface area (Å²) in [6.45, 7) is 4.05. The van der Waals surface area contributed by atoms with E-state index in [1.165, 1.54) is 11.3 Å². The number of thiazole rings is 1. The topological polar surface area (TPSA) is 63.2 Å². The van der Waals surface area contributed by atoms with Crippen LogP contribution in [-0.4, -0.2) is 30.0 Å². The number of halogens is 1. The van der Waals surface area contributed by atoms with Gasteiger partial charge in [-0.05, 0) is 50.6 Å². The van der Waals surface area contributed by atoms with E-state index in [2.05, 4.69) is 15.6 Å². The molecule has 1 amide bonds. The van der Waals surface area contributed by atoms with Crippen LogP contribution in [0.5, 0.6) is 5.75 Å². The molecule has 3 rings (SSSR count). The van der Waals surface area contributed by atoms with Crippen molar-refractivity contribution in [1.82, 2.24) is 15.6 Å². The summed E-state index contributed by atoms with van der Waals surface area (Å²) < 4.78 is 5.69. The Balaban J connectivity index is 1.59. The third kappa shape index (κ3) is 4.47. The van der Waals surface area contributed by atoms with Gasteiger partial charge in [0.1, 0.15) is 22.2 Å². The molecule has 1 aliphatic heterocycles. The zero-order valence-electron chi connectivity index (χ0n) is 13.5. The molecule has 2 heterocycles. The van der Waals surface area contributed by atoms with Gasteiger partial charge in [0.2, 0.25) is 0 Å². The van der Waals surface area contributed by atoms with Crippen molar-refractivity contribution in [3.05, 3.63) is 44.9 Å². The Kier molecular flexibility index (Phi) is 5.71. The fourth-order valence-corrected chi connectivity index (χ4v) is 3.63. The molecule has 0 spiro atoms. The van der Waals surface area contributed by atoms with Crippen molar-refractivity contribution in [2.24, 2.45) is 0 Å². The van der Waals surface area contributed by atoms with E-state index in [-0.39, 0.29) is 11.9 Å². The molecule has 2 aromatic rings. The van der Waals surface area contributed by atoms with Gasteiger partial charge in [0, 0.05) is 17.6 Å². The van der Waals surface area contributed by atoms with Gasteiger partial charge in [-0.15, -0.1) is 11.3 Å². The Labute approximate surface area is 150 Å². The van der Waals surface area contributed by atoms with Gasteiger partial charge < -0.3 is 15.4 Å². The highest BCUT2D eigenvalue weighted by Gasteiger charge is 2.20. The second kappa shape index (κ2) is 7.96. The lowest BCUT2D eigenvalue weighted by Gasteiger charge is -2.23. The molecule has 1 atom stereocenters. The minimum Gasteiger partial charge on any atom is -0.486 e. The maximum absolute atomic E-state index is 12.4. The monoisotopic (exact) mass is 365 g/mol. The number of aryl methyl sites for hydroxylation is 1. The molecule has 1 aliphatic rings. The van der Waals surface area contributed by atoms with E-state index in [0.717, 1.165) is 42.4 Å². The van der Waals surface area contributed by atoms with E-state index in [0.29, 0.717) is 16.5 Å². The number of hydrogen-bond acceptors (Lipinski definition) is 5. The van der Waals surface area contributed by atoms with Crippen LogP contribution in [0.15, 0.2) is 24.3 Å². The Morgan fingerprint density at radius 3 is 2.96 bits per heavy atom. The highest BCUT2D eigenvalue weighted by atomic mass is 35.5. The van der Waals surface area contributed by atoms with Crippen molar-refractivity contribution in [3.8, 4) is 5.75 Å². The standard InChI is InChI=1S/C17H20ClN3O2S/c1-11-16(17(22)21-13-3-2-8-19-9-13)24-15(20-11)10-23-14-6-4-12(18)5-7-14/h4-7,13,19H,2-3,8-10H2,1H3,(H,21,22). The number of amides is 1. The van der Waals surface area contributed by atoms with Gasteiger partial charge in [0.05, 0.1) is 5.69 Å². The molecule has 7 heteroatoms. The van der Waals surface area contributed by atoms with Crippen LogP contribution in [-0.2, 0) is 6.61 Å². The number of nitrogens with zero attached hydrogens (tertiary/aromatic N) is 1. The van der Waals surface area contributed by atoms with E-state index >= 15 is 0 Å². The van der Waals surface area contributed by atoms with Crippen LogP contribution < -0.4 is 15.4 Å². The third-order valence-corrected chi connectivity index (χ3v) is 5.24. The van der Waals surface area contributed by atoms with Crippen molar-refractivity contribution in [3.63, 3.8) is 0 Å². The molecule has 1 fully saturated rings. The first-order valence-corrected chi connectivity index (χ1v) is 9.17. The zero-order chi connectivity index (χ0) is 16.9. The first-order valence-electron chi connectivity index (χ1n) is 7.98. The summed E-state index contributed by atoms with van der Waals surface area (Å²) in [5.41, 5.74) is 0.746. The van der Waals surface area contributed by atoms with Gasteiger partial charge in [0.15, 0.2) is 0 Å². The van der Waals surface area contributed by atoms with Crippen molar-refractivity contribution in [2.75, 3.05) is 13.1 Å². The highest BCUT2D eigenvalue weighted by Crippen LogP contribution is 2.21. The average Bonchev–Trinajstić information content (AvgIpc) is 2.96. The van der Waals surface area contributed by atoms with E-state index in [4.69, 9.17) is 16.3 Å². The largest absolute Gasteiger partial charge is 0.486 e. The summed E-state index contributed by atoms with van der Waals surface area (Å²) in [5.74, 6) is 0.683. The van der Waals surface area contributed by atoms with Crippen molar-refractivity contribution in [2.45, 2.75) is 32.4 Å². The second-order valence-corrected chi connectivity index (χ2v) is 7.30. The van der Waals surface area contributed by atoms with Crippen molar-refractivity contribution >= 4 is 28.8 Å². The summed E-state index contributed by atoms with van der Waals surface area (Å²) in [6.07, 6.45) is 2.11. The van der Waals surface area contributed by atoms with E-state index in [1.807, 2.05) is 19.1 Å². The summed E-state index contributed by atoms with van der Waals surface area (Å²) in [7, 11) is 0. The molecule has 0 saturated carbocycles. The Morgan fingerprint density at radius 1 is 1.46 bits per heavy atom. The van der Waals surface area contributed by atoms with Gasteiger partial charge >= 0.3 is 0 Å². The minimum absolute atomic E-state index is 0.0450. The molecule has 1 aromatic heterocycles. The van der Waals surface area contributed by atoms with E-state index in [9.17, 15) is 4.79 Å². The van der Waals surface area contributed by atoms with Gasteiger partial charge in [-0.1, -0.05) is 11.6 Å². The summed E-state index contributed by atoms with van der Waals surface area (Å²) in [4.78, 5) is 17.5. The lowest BCUT2D eigenvalue weighted by atomic mass is 10.1. The van der Waals surface area contributed by atoms with Crippen molar-refractivity contribution < 1.29 is 9.53 Å². The molecular weight excluding hydrogens is 346 g/mol. The molecular formula is C17H20ClN3O2S. The predicted octanol–water partition coefficient (Wildman–Crippen LogP) is 3.17. The minimum atomic E-state index is -0.0450. The highest BCUT2D eigenvalue weighted by molar-refractivity contribution is 7.13. The molecule has 1 saturated heterocycles. The summed E-state index contributed by atoms with van der Waals surface area (Å²) in [6, 6.07) is 7.38. The normalized spacial score (nSPS) is 17.5. The quantitative estimate of drug-likeness (QED) is 0.854. The molecule has 2 N–H and O–H groups in total. The molecule has 128 valence electrons. The number of benzene rings is 1. The van der Waals surface area contributed by atoms with Gasteiger partial charge in [-0.3, -0.25) is 4.79 Å². The lowest BCUT2D eigenvalue weighted by molar-refractivity contribution is 0.0934. The SMILES string of the molecule is Cc1nc(COc2ccc(Cl)cc2)sc1C(=O)NC1CCCNC1. The van der Waals surface area contributed by atoms with Crippen LogP contribution in [0.1, 0.15) is 33.2 Å².